The van der Waals surface area contributed by atoms with E-state index in [0.717, 1.165) is 11.3 Å². The first-order valence-electron chi connectivity index (χ1n) is 8.76. The van der Waals surface area contributed by atoms with Crippen molar-refractivity contribution < 1.29 is 4.39 Å². The Kier molecular flexibility index (Phi) is 5.49. The second kappa shape index (κ2) is 8.54. The van der Waals surface area contributed by atoms with Gasteiger partial charge in [0.25, 0.3) is 0 Å². The van der Waals surface area contributed by atoms with Crippen LogP contribution in [0.5, 0.6) is 0 Å². The molecular formula is C22H17FN4S. The molecule has 4 aromatic rings. The number of rotatable bonds is 5. The quantitative estimate of drug-likeness (QED) is 0.456. The summed E-state index contributed by atoms with van der Waals surface area (Å²) in [5.74, 6) is -0.295. The number of hydrogen-bond donors (Lipinski definition) is 0. The molecular weight excluding hydrogens is 371 g/mol. The second-order valence-electron chi connectivity index (χ2n) is 6.00. The lowest BCUT2D eigenvalue weighted by molar-refractivity contribution is 0.629. The Morgan fingerprint density at radius 2 is 1.75 bits per heavy atom. The van der Waals surface area contributed by atoms with Gasteiger partial charge in [0.2, 0.25) is 4.80 Å². The van der Waals surface area contributed by atoms with E-state index in [4.69, 9.17) is 0 Å². The molecule has 2 aromatic heterocycles. The maximum absolute atomic E-state index is 14.4. The number of benzene rings is 2. The average Bonchev–Trinajstić information content (AvgIpc) is 3.15. The molecule has 0 amide bonds. The van der Waals surface area contributed by atoms with Crippen LogP contribution in [-0.4, -0.2) is 15.9 Å². The van der Waals surface area contributed by atoms with E-state index < -0.39 is 0 Å². The van der Waals surface area contributed by atoms with E-state index in [1.54, 1.807) is 29.2 Å². The predicted octanol–water partition coefficient (Wildman–Crippen LogP) is 4.73. The van der Waals surface area contributed by atoms with Crippen molar-refractivity contribution in [3.8, 4) is 11.3 Å². The fourth-order valence-corrected chi connectivity index (χ4v) is 3.51. The standard InChI is InChI=1S/C22H17FN4S/c23-20-12-5-4-11-19(20)21-16-28-22(25-14-17-8-2-1-3-9-17)27(21)26-15-18-10-6-7-13-24-18/h1-13,15-16H,14H2. The Hall–Kier alpha value is -3.38. The van der Waals surface area contributed by atoms with Crippen molar-refractivity contribution >= 4 is 17.6 Å². The molecule has 0 atom stereocenters. The van der Waals surface area contributed by atoms with Crippen LogP contribution >= 0.6 is 11.3 Å². The summed E-state index contributed by atoms with van der Waals surface area (Å²) in [6, 6.07) is 22.3. The van der Waals surface area contributed by atoms with Crippen LogP contribution in [0.2, 0.25) is 0 Å². The molecule has 0 unspecified atom stereocenters. The van der Waals surface area contributed by atoms with Crippen LogP contribution in [0.25, 0.3) is 11.3 Å². The summed E-state index contributed by atoms with van der Waals surface area (Å²) in [5.41, 5.74) is 2.96. The number of halogens is 1. The molecule has 0 fully saturated rings. The zero-order chi connectivity index (χ0) is 19.2. The lowest BCUT2D eigenvalue weighted by atomic mass is 10.1. The first-order valence-corrected chi connectivity index (χ1v) is 9.64. The van der Waals surface area contributed by atoms with E-state index in [9.17, 15) is 4.39 Å². The first kappa shape index (κ1) is 18.0. The molecule has 6 heteroatoms. The fourth-order valence-electron chi connectivity index (χ4n) is 2.69. The number of pyridine rings is 1. The van der Waals surface area contributed by atoms with Crippen LogP contribution < -0.4 is 4.80 Å². The van der Waals surface area contributed by atoms with Gasteiger partial charge in [-0.2, -0.15) is 5.10 Å². The van der Waals surface area contributed by atoms with Gasteiger partial charge in [-0.15, -0.1) is 11.3 Å². The summed E-state index contributed by atoms with van der Waals surface area (Å²) < 4.78 is 16.0. The molecule has 0 saturated carbocycles. The van der Waals surface area contributed by atoms with Crippen molar-refractivity contribution in [2.24, 2.45) is 10.1 Å². The molecule has 0 spiro atoms. The van der Waals surface area contributed by atoms with Crippen LogP contribution in [-0.2, 0) is 6.54 Å². The average molecular weight is 388 g/mol. The highest BCUT2D eigenvalue weighted by molar-refractivity contribution is 7.07. The monoisotopic (exact) mass is 388 g/mol. The van der Waals surface area contributed by atoms with E-state index in [-0.39, 0.29) is 5.82 Å². The summed E-state index contributed by atoms with van der Waals surface area (Å²) in [7, 11) is 0. The number of nitrogens with zero attached hydrogens (tertiary/aromatic N) is 4. The molecule has 2 heterocycles. The number of hydrogen-bond acceptors (Lipinski definition) is 4. The molecule has 0 N–H and O–H groups in total. The van der Waals surface area contributed by atoms with Crippen molar-refractivity contribution in [2.45, 2.75) is 6.54 Å². The predicted molar refractivity (Wildman–Crippen MR) is 111 cm³/mol. The molecule has 28 heavy (non-hydrogen) atoms. The van der Waals surface area contributed by atoms with Crippen LogP contribution in [0, 0.1) is 5.82 Å². The second-order valence-corrected chi connectivity index (χ2v) is 6.83. The van der Waals surface area contributed by atoms with Crippen molar-refractivity contribution in [1.29, 1.82) is 0 Å². The topological polar surface area (TPSA) is 42.5 Å². The Morgan fingerprint density at radius 1 is 0.964 bits per heavy atom. The SMILES string of the molecule is Fc1ccccc1-c1csc(=NCc2ccccc2)n1N=Cc1ccccn1. The first-order chi connectivity index (χ1) is 13.8. The third kappa shape index (κ3) is 4.13. The molecule has 2 aromatic carbocycles. The number of aromatic nitrogens is 2. The van der Waals surface area contributed by atoms with Crippen molar-refractivity contribution in [2.75, 3.05) is 0 Å². The normalized spacial score (nSPS) is 12.0. The van der Waals surface area contributed by atoms with Gasteiger partial charge in [-0.05, 0) is 29.8 Å². The van der Waals surface area contributed by atoms with Gasteiger partial charge in [0.05, 0.1) is 24.1 Å². The molecule has 4 rings (SSSR count). The fraction of sp³-hybridized carbons (Fsp3) is 0.0455. The van der Waals surface area contributed by atoms with Gasteiger partial charge in [-0.1, -0.05) is 48.5 Å². The molecule has 4 nitrogen and oxygen atoms in total. The molecule has 0 aliphatic heterocycles. The maximum atomic E-state index is 14.4. The summed E-state index contributed by atoms with van der Waals surface area (Å²) in [5, 5.41) is 6.42. The molecule has 0 aliphatic carbocycles. The van der Waals surface area contributed by atoms with Crippen molar-refractivity contribution in [3.05, 3.63) is 106 Å². The van der Waals surface area contributed by atoms with E-state index in [1.165, 1.54) is 17.4 Å². The van der Waals surface area contributed by atoms with Gasteiger partial charge in [0.15, 0.2) is 0 Å². The van der Waals surface area contributed by atoms with Gasteiger partial charge in [0, 0.05) is 17.1 Å². The Morgan fingerprint density at radius 3 is 2.54 bits per heavy atom. The van der Waals surface area contributed by atoms with E-state index in [0.29, 0.717) is 22.6 Å². The minimum Gasteiger partial charge on any atom is -0.255 e. The minimum atomic E-state index is -0.295. The van der Waals surface area contributed by atoms with Crippen molar-refractivity contribution in [3.63, 3.8) is 0 Å². The van der Waals surface area contributed by atoms with Gasteiger partial charge in [-0.3, -0.25) is 9.98 Å². The molecule has 0 saturated heterocycles. The lowest BCUT2D eigenvalue weighted by Gasteiger charge is -2.04. The highest BCUT2D eigenvalue weighted by atomic mass is 32.1. The van der Waals surface area contributed by atoms with Gasteiger partial charge >= 0.3 is 0 Å². The van der Waals surface area contributed by atoms with Crippen LogP contribution in [0.15, 0.2) is 94.5 Å². The summed E-state index contributed by atoms with van der Waals surface area (Å²) in [4.78, 5) is 9.64. The van der Waals surface area contributed by atoms with Gasteiger partial charge < -0.3 is 0 Å². The molecule has 0 radical (unpaired) electrons. The smallest absolute Gasteiger partial charge is 0.206 e. The Bertz CT molecular complexity index is 1150. The maximum Gasteiger partial charge on any atom is 0.206 e. The van der Waals surface area contributed by atoms with Gasteiger partial charge in [-0.25, -0.2) is 9.07 Å². The van der Waals surface area contributed by atoms with E-state index in [2.05, 4.69) is 15.1 Å². The van der Waals surface area contributed by atoms with E-state index >= 15 is 0 Å². The molecule has 0 bridgehead atoms. The lowest BCUT2D eigenvalue weighted by Crippen LogP contribution is -2.13. The summed E-state index contributed by atoms with van der Waals surface area (Å²) >= 11 is 1.43. The number of thiazole rings is 1. The Balaban J connectivity index is 1.78. The molecule has 0 aliphatic rings. The minimum absolute atomic E-state index is 0.295. The van der Waals surface area contributed by atoms with Crippen LogP contribution in [0.1, 0.15) is 11.3 Å². The molecule has 138 valence electrons. The summed E-state index contributed by atoms with van der Waals surface area (Å²) in [6.45, 7) is 0.525. The van der Waals surface area contributed by atoms with Crippen LogP contribution in [0.4, 0.5) is 4.39 Å². The third-order valence-corrected chi connectivity index (χ3v) is 4.92. The van der Waals surface area contributed by atoms with Gasteiger partial charge in [0.1, 0.15) is 5.82 Å². The third-order valence-electron chi connectivity index (χ3n) is 4.07. The largest absolute Gasteiger partial charge is 0.255 e. The zero-order valence-electron chi connectivity index (χ0n) is 14.9. The van der Waals surface area contributed by atoms with Crippen molar-refractivity contribution in [1.82, 2.24) is 9.66 Å². The van der Waals surface area contributed by atoms with Crippen LogP contribution in [0.3, 0.4) is 0 Å². The Labute approximate surface area is 166 Å². The zero-order valence-corrected chi connectivity index (χ0v) is 15.8. The highest BCUT2D eigenvalue weighted by Gasteiger charge is 2.11. The van der Waals surface area contributed by atoms with E-state index in [1.807, 2.05) is 60.0 Å². The highest BCUT2D eigenvalue weighted by Crippen LogP contribution is 2.23. The summed E-state index contributed by atoms with van der Waals surface area (Å²) in [6.07, 6.45) is 3.36.